The molecular formula is C45H75F5O16. The standard InChI is InChI=1S/C45H75F5O16/c1-2-3-4-5-6-7-8-9-10-11-38(51)65-37-36-64-35-34-63-33-32-62-31-30-61-29-28-60-27-26-59-25-24-58-23-22-57-21-20-56-19-18-55-17-16-54-15-14-53-13-12-39(52)66-45-43(49)41(47)40(46)42(48)44(45)50/h2-37H2,1H3. The topological polar surface area (TPSA) is 163 Å². The van der Waals surface area contributed by atoms with E-state index in [1.54, 1.807) is 0 Å². The first-order valence-electron chi connectivity index (χ1n) is 23.1. The molecular weight excluding hydrogens is 891 g/mol. The second-order valence-electron chi connectivity index (χ2n) is 14.3. The fourth-order valence-electron chi connectivity index (χ4n) is 5.38. The summed E-state index contributed by atoms with van der Waals surface area (Å²) >= 11 is 0. The molecule has 0 aliphatic carbocycles. The van der Waals surface area contributed by atoms with Crippen LogP contribution in [0.1, 0.15) is 77.6 Å². The maximum Gasteiger partial charge on any atom is 0.313 e. The third kappa shape index (κ3) is 36.4. The normalized spacial score (nSPS) is 11.5. The number of benzene rings is 1. The number of hydrogen-bond acceptors (Lipinski definition) is 16. The Hall–Kier alpha value is -2.67. The summed E-state index contributed by atoms with van der Waals surface area (Å²) in [5.41, 5.74) is 0. The molecule has 0 saturated heterocycles. The van der Waals surface area contributed by atoms with E-state index in [-0.39, 0.29) is 39.0 Å². The van der Waals surface area contributed by atoms with Crippen molar-refractivity contribution in [2.75, 3.05) is 165 Å². The molecule has 0 atom stereocenters. The number of halogens is 5. The lowest BCUT2D eigenvalue weighted by molar-refractivity contribution is -0.145. The molecule has 16 nitrogen and oxygen atoms in total. The summed E-state index contributed by atoms with van der Waals surface area (Å²) in [6.07, 6.45) is 10.9. The fourth-order valence-corrected chi connectivity index (χ4v) is 5.38. The van der Waals surface area contributed by atoms with Gasteiger partial charge in [0.2, 0.25) is 34.8 Å². The van der Waals surface area contributed by atoms with Gasteiger partial charge in [0.25, 0.3) is 0 Å². The van der Waals surface area contributed by atoms with Crippen LogP contribution in [0.25, 0.3) is 0 Å². The van der Waals surface area contributed by atoms with Crippen LogP contribution in [0.4, 0.5) is 22.0 Å². The number of rotatable bonds is 50. The van der Waals surface area contributed by atoms with Gasteiger partial charge in [-0.3, -0.25) is 9.59 Å². The summed E-state index contributed by atoms with van der Waals surface area (Å²) in [5, 5.41) is 0. The second kappa shape index (κ2) is 46.1. The Morgan fingerprint density at radius 1 is 0.303 bits per heavy atom. The second-order valence-corrected chi connectivity index (χ2v) is 14.3. The maximum atomic E-state index is 13.6. The number of hydrogen-bond donors (Lipinski definition) is 0. The van der Waals surface area contributed by atoms with E-state index in [4.69, 9.17) is 61.6 Å². The van der Waals surface area contributed by atoms with Gasteiger partial charge in [-0.1, -0.05) is 58.3 Å². The van der Waals surface area contributed by atoms with Gasteiger partial charge in [0.05, 0.1) is 165 Å². The predicted molar refractivity (Wildman–Crippen MR) is 229 cm³/mol. The zero-order chi connectivity index (χ0) is 48.0. The minimum atomic E-state index is -2.35. The van der Waals surface area contributed by atoms with Gasteiger partial charge in [-0.15, -0.1) is 0 Å². The molecule has 0 bridgehead atoms. The highest BCUT2D eigenvalue weighted by atomic mass is 19.2. The van der Waals surface area contributed by atoms with Crippen molar-refractivity contribution in [3.8, 4) is 5.75 Å². The molecule has 0 heterocycles. The van der Waals surface area contributed by atoms with E-state index in [1.165, 1.54) is 44.9 Å². The fraction of sp³-hybridized carbons (Fsp3) is 0.822. The van der Waals surface area contributed by atoms with E-state index in [0.29, 0.717) is 139 Å². The zero-order valence-electron chi connectivity index (χ0n) is 38.9. The third-order valence-electron chi connectivity index (χ3n) is 8.90. The van der Waals surface area contributed by atoms with E-state index in [0.717, 1.165) is 12.8 Å². The van der Waals surface area contributed by atoms with Gasteiger partial charge < -0.3 is 66.3 Å². The Morgan fingerprint density at radius 3 is 0.879 bits per heavy atom. The molecule has 386 valence electrons. The monoisotopic (exact) mass is 966 g/mol. The molecule has 1 aromatic carbocycles. The first kappa shape index (κ1) is 61.3. The van der Waals surface area contributed by atoms with Crippen molar-refractivity contribution in [3.05, 3.63) is 29.1 Å². The van der Waals surface area contributed by atoms with Crippen LogP contribution in [-0.2, 0) is 71.2 Å². The highest BCUT2D eigenvalue weighted by Crippen LogP contribution is 2.29. The minimum absolute atomic E-state index is 0.0745. The molecule has 0 spiro atoms. The van der Waals surface area contributed by atoms with Gasteiger partial charge in [-0.25, -0.2) is 13.2 Å². The molecule has 0 aromatic heterocycles. The Morgan fingerprint density at radius 2 is 0.561 bits per heavy atom. The highest BCUT2D eigenvalue weighted by Gasteiger charge is 2.28. The molecule has 0 fully saturated rings. The average Bonchev–Trinajstić information content (AvgIpc) is 3.31. The van der Waals surface area contributed by atoms with Gasteiger partial charge in [-0.2, -0.15) is 8.78 Å². The first-order chi connectivity index (χ1) is 32.3. The molecule has 0 aliphatic heterocycles. The molecule has 21 heteroatoms. The van der Waals surface area contributed by atoms with Gasteiger partial charge in [0, 0.05) is 6.42 Å². The van der Waals surface area contributed by atoms with E-state index in [1.807, 2.05) is 0 Å². The molecule has 1 aromatic rings. The van der Waals surface area contributed by atoms with E-state index in [2.05, 4.69) is 11.7 Å². The average molecular weight is 967 g/mol. The highest BCUT2D eigenvalue weighted by molar-refractivity contribution is 5.72. The Labute approximate surface area is 386 Å². The van der Waals surface area contributed by atoms with Crippen molar-refractivity contribution in [2.24, 2.45) is 0 Å². The van der Waals surface area contributed by atoms with Crippen LogP contribution in [0.2, 0.25) is 0 Å². The Bertz CT molecular complexity index is 1280. The summed E-state index contributed by atoms with van der Waals surface area (Å²) in [5.74, 6) is -14.3. The first-order valence-corrected chi connectivity index (χ1v) is 23.1. The van der Waals surface area contributed by atoms with Crippen molar-refractivity contribution in [3.63, 3.8) is 0 Å². The lowest BCUT2D eigenvalue weighted by atomic mass is 10.1. The largest absolute Gasteiger partial charge is 0.463 e. The molecule has 0 amide bonds. The van der Waals surface area contributed by atoms with Crippen LogP contribution in [0, 0.1) is 29.1 Å². The van der Waals surface area contributed by atoms with Crippen molar-refractivity contribution in [2.45, 2.75) is 77.6 Å². The smallest absolute Gasteiger partial charge is 0.313 e. The predicted octanol–water partition coefficient (Wildman–Crippen LogP) is 6.34. The number of unbranched alkanes of at least 4 members (excludes halogenated alkanes) is 8. The molecule has 0 N–H and O–H groups in total. The lowest BCUT2D eigenvalue weighted by Crippen LogP contribution is -2.16. The van der Waals surface area contributed by atoms with Crippen LogP contribution in [0.5, 0.6) is 5.75 Å². The van der Waals surface area contributed by atoms with Crippen LogP contribution < -0.4 is 4.74 Å². The summed E-state index contributed by atoms with van der Waals surface area (Å²) in [4.78, 5) is 23.5. The van der Waals surface area contributed by atoms with Gasteiger partial charge in [-0.05, 0) is 6.42 Å². The third-order valence-corrected chi connectivity index (χ3v) is 8.90. The molecule has 66 heavy (non-hydrogen) atoms. The van der Waals surface area contributed by atoms with E-state index >= 15 is 0 Å². The molecule has 0 radical (unpaired) electrons. The summed E-state index contributed by atoms with van der Waals surface area (Å²) < 4.78 is 141. The Kier molecular flexibility index (Phi) is 42.8. The summed E-state index contributed by atoms with van der Waals surface area (Å²) in [6, 6.07) is 0. The van der Waals surface area contributed by atoms with Crippen molar-refractivity contribution in [1.82, 2.24) is 0 Å². The number of esters is 2. The van der Waals surface area contributed by atoms with Crippen molar-refractivity contribution in [1.29, 1.82) is 0 Å². The number of carbonyl (C=O) groups is 2. The summed E-state index contributed by atoms with van der Waals surface area (Å²) in [6.45, 7) is 11.2. The Balaban J connectivity index is 1.68. The van der Waals surface area contributed by atoms with E-state index < -0.39 is 47.2 Å². The molecule has 1 rings (SSSR count). The maximum absolute atomic E-state index is 13.6. The van der Waals surface area contributed by atoms with E-state index in [9.17, 15) is 31.5 Å². The molecule has 0 unspecified atom stereocenters. The van der Waals surface area contributed by atoms with Crippen LogP contribution >= 0.6 is 0 Å². The number of carbonyl (C=O) groups excluding carboxylic acids is 2. The lowest BCUT2D eigenvalue weighted by Gasteiger charge is -2.09. The van der Waals surface area contributed by atoms with Crippen molar-refractivity contribution < 1.29 is 97.9 Å². The minimum Gasteiger partial charge on any atom is -0.463 e. The van der Waals surface area contributed by atoms with Gasteiger partial charge in [0.1, 0.15) is 6.61 Å². The summed E-state index contributed by atoms with van der Waals surface area (Å²) in [7, 11) is 0. The number of ether oxygens (including phenoxy) is 14. The van der Waals surface area contributed by atoms with Gasteiger partial charge >= 0.3 is 11.9 Å². The quantitative estimate of drug-likeness (QED) is 0.0177. The SMILES string of the molecule is CCCCCCCCCCCC(=O)OCCOCCOCCOCCOCCOCCOCCOCCOCCOCCOCCOCCOCCC(=O)Oc1c(F)c(F)c(F)c(F)c1F. The molecule has 0 aliphatic rings. The zero-order valence-corrected chi connectivity index (χ0v) is 38.9. The van der Waals surface area contributed by atoms with Crippen LogP contribution in [0.3, 0.4) is 0 Å². The van der Waals surface area contributed by atoms with Gasteiger partial charge in [0.15, 0.2) is 0 Å². The van der Waals surface area contributed by atoms with Crippen molar-refractivity contribution >= 4 is 11.9 Å². The molecule has 0 saturated carbocycles. The van der Waals surface area contributed by atoms with Crippen LogP contribution in [-0.4, -0.2) is 177 Å². The van der Waals surface area contributed by atoms with Crippen LogP contribution in [0.15, 0.2) is 0 Å².